The molecule has 1 aliphatic heterocycles. The first-order chi connectivity index (χ1) is 11.3. The molecule has 3 aromatic rings. The second kappa shape index (κ2) is 4.95. The fourth-order valence-electron chi connectivity index (χ4n) is 3.18. The van der Waals surface area contributed by atoms with E-state index >= 15 is 0 Å². The molecule has 0 N–H and O–H groups in total. The van der Waals surface area contributed by atoms with E-state index in [9.17, 15) is 4.79 Å². The summed E-state index contributed by atoms with van der Waals surface area (Å²) in [6, 6.07) is 11.3. The first kappa shape index (κ1) is 15.4. The molecule has 1 saturated heterocycles. The van der Waals surface area contributed by atoms with Gasteiger partial charge in [-0.2, -0.15) is 0 Å². The number of hydrogen-bond donors (Lipinski definition) is 0. The minimum Gasteiger partial charge on any atom is -0.456 e. The SMILES string of the molecule is CC1(C)OB(c2cccc3oc4cccc(C=O)c4c23)OC1(C)C. The van der Waals surface area contributed by atoms with E-state index in [0.29, 0.717) is 11.1 Å². The van der Waals surface area contributed by atoms with Gasteiger partial charge in [0.25, 0.3) is 0 Å². The number of fused-ring (bicyclic) bond motifs is 3. The van der Waals surface area contributed by atoms with E-state index in [2.05, 4.69) is 0 Å². The van der Waals surface area contributed by atoms with Crippen LogP contribution in [0, 0.1) is 0 Å². The number of furan rings is 1. The van der Waals surface area contributed by atoms with Crippen LogP contribution in [0.4, 0.5) is 0 Å². The molecular formula is C19H19BO4. The van der Waals surface area contributed by atoms with Gasteiger partial charge in [0.2, 0.25) is 0 Å². The molecule has 0 saturated carbocycles. The Kier molecular flexibility index (Phi) is 3.18. The predicted octanol–water partition coefficient (Wildman–Crippen LogP) is 3.70. The minimum absolute atomic E-state index is 0.424. The molecule has 0 unspecified atom stereocenters. The van der Waals surface area contributed by atoms with Crippen molar-refractivity contribution in [2.75, 3.05) is 0 Å². The van der Waals surface area contributed by atoms with Crippen molar-refractivity contribution in [3.05, 3.63) is 42.0 Å². The predicted molar refractivity (Wildman–Crippen MR) is 94.8 cm³/mol. The highest BCUT2D eigenvalue weighted by Crippen LogP contribution is 2.38. The van der Waals surface area contributed by atoms with Crippen LogP contribution in [0.5, 0.6) is 0 Å². The van der Waals surface area contributed by atoms with Gasteiger partial charge in [0.15, 0.2) is 6.29 Å². The molecule has 4 nitrogen and oxygen atoms in total. The summed E-state index contributed by atoms with van der Waals surface area (Å²) in [6.07, 6.45) is 0.859. The molecule has 1 aromatic heterocycles. The van der Waals surface area contributed by atoms with Crippen LogP contribution in [0.1, 0.15) is 38.1 Å². The highest BCUT2D eigenvalue weighted by atomic mass is 16.7. The fraction of sp³-hybridized carbons (Fsp3) is 0.316. The Labute approximate surface area is 140 Å². The third kappa shape index (κ3) is 2.05. The maximum absolute atomic E-state index is 11.5. The van der Waals surface area contributed by atoms with Crippen LogP contribution < -0.4 is 5.46 Å². The summed E-state index contributed by atoms with van der Waals surface area (Å²) in [5.41, 5.74) is 2.07. The molecule has 0 amide bonds. The molecule has 1 fully saturated rings. The van der Waals surface area contributed by atoms with Crippen molar-refractivity contribution in [1.29, 1.82) is 0 Å². The van der Waals surface area contributed by atoms with Crippen molar-refractivity contribution < 1.29 is 18.5 Å². The van der Waals surface area contributed by atoms with Crippen LogP contribution in [-0.4, -0.2) is 24.6 Å². The molecule has 0 spiro atoms. The zero-order valence-corrected chi connectivity index (χ0v) is 14.3. The van der Waals surface area contributed by atoms with Crippen LogP contribution >= 0.6 is 0 Å². The van der Waals surface area contributed by atoms with E-state index in [1.807, 2.05) is 58.0 Å². The molecule has 2 aromatic carbocycles. The number of carbonyl (C=O) groups excluding carboxylic acids is 1. The summed E-state index contributed by atoms with van der Waals surface area (Å²) in [5.74, 6) is 0. The summed E-state index contributed by atoms with van der Waals surface area (Å²) >= 11 is 0. The summed E-state index contributed by atoms with van der Waals surface area (Å²) in [6.45, 7) is 8.10. The molecule has 2 heterocycles. The number of aldehydes is 1. The first-order valence-corrected chi connectivity index (χ1v) is 8.09. The van der Waals surface area contributed by atoms with Crippen molar-refractivity contribution in [3.63, 3.8) is 0 Å². The van der Waals surface area contributed by atoms with Crippen LogP contribution in [-0.2, 0) is 9.31 Å². The van der Waals surface area contributed by atoms with Gasteiger partial charge in [0.1, 0.15) is 11.2 Å². The lowest BCUT2D eigenvalue weighted by molar-refractivity contribution is 0.00578. The Morgan fingerprint density at radius 1 is 0.875 bits per heavy atom. The number of rotatable bonds is 2. The second-order valence-electron chi connectivity index (χ2n) is 7.25. The van der Waals surface area contributed by atoms with Gasteiger partial charge in [-0.05, 0) is 45.3 Å². The molecule has 5 heteroatoms. The maximum Gasteiger partial charge on any atom is 0.495 e. The smallest absolute Gasteiger partial charge is 0.456 e. The lowest BCUT2D eigenvalue weighted by Gasteiger charge is -2.32. The molecule has 0 radical (unpaired) electrons. The Bertz CT molecular complexity index is 939. The maximum atomic E-state index is 11.5. The zero-order chi connectivity index (χ0) is 17.1. The average Bonchev–Trinajstić information content (AvgIpc) is 3.01. The first-order valence-electron chi connectivity index (χ1n) is 8.09. The third-order valence-electron chi connectivity index (χ3n) is 5.22. The zero-order valence-electron chi connectivity index (χ0n) is 14.3. The molecule has 4 rings (SSSR count). The number of hydrogen-bond acceptors (Lipinski definition) is 4. The van der Waals surface area contributed by atoms with E-state index in [1.165, 1.54) is 0 Å². The minimum atomic E-state index is -0.501. The Morgan fingerprint density at radius 3 is 2.08 bits per heavy atom. The molecule has 0 atom stereocenters. The van der Waals surface area contributed by atoms with Gasteiger partial charge in [0.05, 0.1) is 11.2 Å². The molecule has 1 aliphatic rings. The van der Waals surface area contributed by atoms with Gasteiger partial charge in [-0.25, -0.2) is 0 Å². The lowest BCUT2D eigenvalue weighted by Crippen LogP contribution is -2.41. The van der Waals surface area contributed by atoms with Crippen molar-refractivity contribution in [3.8, 4) is 0 Å². The van der Waals surface area contributed by atoms with E-state index in [0.717, 1.165) is 28.1 Å². The Morgan fingerprint density at radius 2 is 1.46 bits per heavy atom. The number of benzene rings is 2. The number of carbonyl (C=O) groups is 1. The third-order valence-corrected chi connectivity index (χ3v) is 5.22. The monoisotopic (exact) mass is 322 g/mol. The topological polar surface area (TPSA) is 48.7 Å². The highest BCUT2D eigenvalue weighted by molar-refractivity contribution is 6.66. The van der Waals surface area contributed by atoms with E-state index in [4.69, 9.17) is 13.7 Å². The van der Waals surface area contributed by atoms with Gasteiger partial charge in [0, 0.05) is 16.3 Å². The van der Waals surface area contributed by atoms with Crippen molar-refractivity contribution >= 4 is 40.8 Å². The fourth-order valence-corrected chi connectivity index (χ4v) is 3.18. The Hall–Kier alpha value is -2.11. The van der Waals surface area contributed by atoms with Gasteiger partial charge in [-0.15, -0.1) is 0 Å². The van der Waals surface area contributed by atoms with E-state index < -0.39 is 18.3 Å². The van der Waals surface area contributed by atoms with E-state index in [1.54, 1.807) is 6.07 Å². The standard InChI is InChI=1S/C19H19BO4/c1-18(2)19(3,4)24-20(23-18)13-8-6-10-15-17(13)16-12(11-21)7-5-9-14(16)22-15/h5-11H,1-4H3. The van der Waals surface area contributed by atoms with Gasteiger partial charge in [-0.3, -0.25) is 4.79 Å². The van der Waals surface area contributed by atoms with Crippen LogP contribution in [0.15, 0.2) is 40.8 Å². The van der Waals surface area contributed by atoms with Gasteiger partial charge < -0.3 is 13.7 Å². The van der Waals surface area contributed by atoms with E-state index in [-0.39, 0.29) is 0 Å². The van der Waals surface area contributed by atoms with Crippen molar-refractivity contribution in [2.45, 2.75) is 38.9 Å². The quantitative estimate of drug-likeness (QED) is 0.533. The normalized spacial score (nSPS) is 19.2. The van der Waals surface area contributed by atoms with Crippen LogP contribution in [0.2, 0.25) is 0 Å². The van der Waals surface area contributed by atoms with Crippen molar-refractivity contribution in [2.24, 2.45) is 0 Å². The summed E-state index contributed by atoms with van der Waals surface area (Å²) in [5, 5.41) is 1.70. The summed E-state index contributed by atoms with van der Waals surface area (Å²) in [4.78, 5) is 11.5. The molecule has 122 valence electrons. The molecule has 0 bridgehead atoms. The largest absolute Gasteiger partial charge is 0.495 e. The van der Waals surface area contributed by atoms with Crippen molar-refractivity contribution in [1.82, 2.24) is 0 Å². The second-order valence-corrected chi connectivity index (χ2v) is 7.25. The van der Waals surface area contributed by atoms with Crippen LogP contribution in [0.3, 0.4) is 0 Å². The van der Waals surface area contributed by atoms with Gasteiger partial charge in [-0.1, -0.05) is 24.3 Å². The Balaban J connectivity index is 1.99. The highest BCUT2D eigenvalue weighted by Gasteiger charge is 2.52. The molecule has 0 aliphatic carbocycles. The average molecular weight is 322 g/mol. The van der Waals surface area contributed by atoms with Gasteiger partial charge >= 0.3 is 7.12 Å². The molecule has 24 heavy (non-hydrogen) atoms. The van der Waals surface area contributed by atoms with Crippen LogP contribution in [0.25, 0.3) is 21.9 Å². The summed E-state index contributed by atoms with van der Waals surface area (Å²) < 4.78 is 18.3. The summed E-state index contributed by atoms with van der Waals surface area (Å²) in [7, 11) is -0.501. The lowest BCUT2D eigenvalue weighted by atomic mass is 9.76. The molecular weight excluding hydrogens is 303 g/mol.